The van der Waals surface area contributed by atoms with Gasteiger partial charge in [0.15, 0.2) is 5.69 Å². The van der Waals surface area contributed by atoms with Gasteiger partial charge in [-0.1, -0.05) is 0 Å². The molecule has 2 fully saturated rings. The van der Waals surface area contributed by atoms with Crippen LogP contribution in [-0.4, -0.2) is 41.0 Å². The van der Waals surface area contributed by atoms with Gasteiger partial charge in [0, 0.05) is 36.8 Å². The van der Waals surface area contributed by atoms with Crippen molar-refractivity contribution in [2.24, 2.45) is 0 Å². The van der Waals surface area contributed by atoms with E-state index in [1.165, 1.54) is 24.3 Å². The number of carbonyl (C=O) groups is 1. The minimum atomic E-state index is -4.55. The van der Waals surface area contributed by atoms with Gasteiger partial charge in [-0.2, -0.15) is 18.2 Å². The number of benzene rings is 1. The molecule has 1 aliphatic heterocycles. The van der Waals surface area contributed by atoms with E-state index in [4.69, 9.17) is 0 Å². The second kappa shape index (κ2) is 9.30. The van der Waals surface area contributed by atoms with Gasteiger partial charge in [0.05, 0.1) is 0 Å². The fraction of sp³-hybridized carbons (Fsp3) is 0.500. The lowest BCUT2D eigenvalue weighted by molar-refractivity contribution is -0.141. The fourth-order valence-corrected chi connectivity index (χ4v) is 4.17. The molecule has 0 spiro atoms. The van der Waals surface area contributed by atoms with Crippen molar-refractivity contribution in [3.05, 3.63) is 47.4 Å². The van der Waals surface area contributed by atoms with E-state index in [0.29, 0.717) is 44.3 Å². The number of amides is 1. The van der Waals surface area contributed by atoms with Gasteiger partial charge in [-0.05, 0) is 62.8 Å². The molecule has 2 aliphatic rings. The monoisotopic (exact) mass is 451 g/mol. The Morgan fingerprint density at radius 3 is 2.22 bits per heavy atom. The average Bonchev–Trinajstić information content (AvgIpc) is 3.30. The smallest absolute Gasteiger partial charge is 0.367 e. The van der Waals surface area contributed by atoms with Crippen LogP contribution in [0.3, 0.4) is 0 Å². The van der Waals surface area contributed by atoms with Crippen LogP contribution in [0.5, 0.6) is 0 Å². The van der Waals surface area contributed by atoms with Crippen molar-refractivity contribution < 1.29 is 22.4 Å². The molecule has 0 atom stereocenters. The maximum Gasteiger partial charge on any atom is 0.433 e. The largest absolute Gasteiger partial charge is 0.433 e. The van der Waals surface area contributed by atoms with Gasteiger partial charge in [0.2, 0.25) is 5.95 Å². The van der Waals surface area contributed by atoms with Crippen molar-refractivity contribution >= 4 is 17.7 Å². The standard InChI is InChI=1S/C22H25F4N5O/c23-15-5-3-14(4-6-15)20(32)28-17-9-7-16(8-10-17)27-19-13-18(22(24,25)26)29-21(30-19)31-11-1-2-12-31/h3-6,13,16-17H,1-2,7-12H2,(H,28,32)(H,27,29,30)/t16-,17+. The van der Waals surface area contributed by atoms with E-state index < -0.39 is 17.7 Å². The molecule has 2 N–H and O–H groups in total. The summed E-state index contributed by atoms with van der Waals surface area (Å²) in [5.74, 6) is -0.380. The lowest BCUT2D eigenvalue weighted by Crippen LogP contribution is -2.40. The highest BCUT2D eigenvalue weighted by molar-refractivity contribution is 5.94. The number of nitrogens with zero attached hydrogens (tertiary/aromatic N) is 3. The van der Waals surface area contributed by atoms with Crippen LogP contribution in [-0.2, 0) is 6.18 Å². The van der Waals surface area contributed by atoms with Crippen molar-refractivity contribution in [1.29, 1.82) is 0 Å². The molecule has 0 unspecified atom stereocenters. The molecule has 1 saturated heterocycles. The quantitative estimate of drug-likeness (QED) is 0.660. The zero-order valence-electron chi connectivity index (χ0n) is 17.5. The number of nitrogens with one attached hydrogen (secondary N) is 2. The highest BCUT2D eigenvalue weighted by Gasteiger charge is 2.35. The number of rotatable bonds is 5. The third-order valence-corrected chi connectivity index (χ3v) is 5.91. The minimum Gasteiger partial charge on any atom is -0.367 e. The van der Waals surface area contributed by atoms with Crippen LogP contribution in [0.2, 0.25) is 0 Å². The molecule has 6 nitrogen and oxygen atoms in total. The number of hydrogen-bond donors (Lipinski definition) is 2. The zero-order valence-corrected chi connectivity index (χ0v) is 17.5. The molecule has 2 heterocycles. The number of carbonyl (C=O) groups excluding carboxylic acids is 1. The van der Waals surface area contributed by atoms with Gasteiger partial charge >= 0.3 is 6.18 Å². The number of anilines is 2. The van der Waals surface area contributed by atoms with E-state index in [9.17, 15) is 22.4 Å². The van der Waals surface area contributed by atoms with Crippen LogP contribution in [0.15, 0.2) is 30.3 Å². The van der Waals surface area contributed by atoms with Crippen molar-refractivity contribution in [1.82, 2.24) is 15.3 Å². The molecule has 4 rings (SSSR count). The number of halogens is 4. The Kier molecular flexibility index (Phi) is 6.48. The number of alkyl halides is 3. The lowest BCUT2D eigenvalue weighted by atomic mass is 9.91. The topological polar surface area (TPSA) is 70.2 Å². The molecule has 0 radical (unpaired) electrons. The Morgan fingerprint density at radius 1 is 0.969 bits per heavy atom. The van der Waals surface area contributed by atoms with Crippen molar-refractivity contribution in [3.8, 4) is 0 Å². The molecule has 0 bridgehead atoms. The van der Waals surface area contributed by atoms with Gasteiger partial charge in [0.25, 0.3) is 5.91 Å². The highest BCUT2D eigenvalue weighted by atomic mass is 19.4. The predicted molar refractivity (Wildman–Crippen MR) is 112 cm³/mol. The van der Waals surface area contributed by atoms with Crippen LogP contribution in [0.4, 0.5) is 29.3 Å². The zero-order chi connectivity index (χ0) is 22.7. The SMILES string of the molecule is O=C(N[C@H]1CC[C@@H](Nc2cc(C(F)(F)F)nc(N3CCCC3)n2)CC1)c1ccc(F)cc1. The number of hydrogen-bond acceptors (Lipinski definition) is 5. The molecule has 1 saturated carbocycles. The van der Waals surface area contributed by atoms with Gasteiger partial charge in [-0.3, -0.25) is 4.79 Å². The molecule has 32 heavy (non-hydrogen) atoms. The molecule has 1 aromatic heterocycles. The van der Waals surface area contributed by atoms with E-state index in [1.54, 1.807) is 4.90 Å². The minimum absolute atomic E-state index is 0.0399. The summed E-state index contributed by atoms with van der Waals surface area (Å²) in [5, 5.41) is 6.08. The summed E-state index contributed by atoms with van der Waals surface area (Å²) in [7, 11) is 0. The van der Waals surface area contributed by atoms with E-state index >= 15 is 0 Å². The first-order valence-electron chi connectivity index (χ1n) is 10.8. The molecule has 1 amide bonds. The molecular weight excluding hydrogens is 426 g/mol. The Labute approximate surface area is 183 Å². The van der Waals surface area contributed by atoms with Crippen LogP contribution in [0.25, 0.3) is 0 Å². The first-order valence-corrected chi connectivity index (χ1v) is 10.8. The van der Waals surface area contributed by atoms with Crippen LogP contribution >= 0.6 is 0 Å². The first kappa shape index (κ1) is 22.3. The molecule has 1 aliphatic carbocycles. The van der Waals surface area contributed by atoms with Gasteiger partial charge < -0.3 is 15.5 Å². The summed E-state index contributed by atoms with van der Waals surface area (Å²) in [6.45, 7) is 1.30. The van der Waals surface area contributed by atoms with Crippen LogP contribution in [0, 0.1) is 5.82 Å². The normalized spacial score (nSPS) is 21.4. The summed E-state index contributed by atoms with van der Waals surface area (Å²) < 4.78 is 53.1. The highest BCUT2D eigenvalue weighted by Crippen LogP contribution is 2.32. The summed E-state index contributed by atoms with van der Waals surface area (Å²) in [5.41, 5.74) is -0.557. The maximum absolute atomic E-state index is 13.4. The fourth-order valence-electron chi connectivity index (χ4n) is 4.17. The molecule has 172 valence electrons. The molecule has 2 aromatic rings. The van der Waals surface area contributed by atoms with Crippen molar-refractivity contribution in [3.63, 3.8) is 0 Å². The van der Waals surface area contributed by atoms with E-state index in [2.05, 4.69) is 20.6 Å². The van der Waals surface area contributed by atoms with Gasteiger partial charge in [-0.15, -0.1) is 0 Å². The average molecular weight is 451 g/mol. The summed E-state index contributed by atoms with van der Waals surface area (Å²) in [4.78, 5) is 22.2. The second-order valence-electron chi connectivity index (χ2n) is 8.30. The summed E-state index contributed by atoms with van der Waals surface area (Å²) in [6, 6.07) is 6.22. The van der Waals surface area contributed by atoms with E-state index in [-0.39, 0.29) is 29.8 Å². The van der Waals surface area contributed by atoms with Crippen molar-refractivity contribution in [2.45, 2.75) is 56.8 Å². The van der Waals surface area contributed by atoms with Crippen molar-refractivity contribution in [2.75, 3.05) is 23.3 Å². The molecular formula is C22H25F4N5O. The Hall–Kier alpha value is -2.91. The third kappa shape index (κ3) is 5.46. The van der Waals surface area contributed by atoms with Crippen LogP contribution in [0.1, 0.15) is 54.6 Å². The predicted octanol–water partition coefficient (Wildman–Crippen LogP) is 4.39. The molecule has 10 heteroatoms. The maximum atomic E-state index is 13.4. The number of aromatic nitrogens is 2. The summed E-state index contributed by atoms with van der Waals surface area (Å²) >= 11 is 0. The van der Waals surface area contributed by atoms with E-state index in [1.807, 2.05) is 0 Å². The van der Waals surface area contributed by atoms with Crippen LogP contribution < -0.4 is 15.5 Å². The second-order valence-corrected chi connectivity index (χ2v) is 8.30. The molecule has 1 aromatic carbocycles. The summed E-state index contributed by atoms with van der Waals surface area (Å²) in [6.07, 6.45) is 0.00130. The van der Waals surface area contributed by atoms with E-state index in [0.717, 1.165) is 18.9 Å². The van der Waals surface area contributed by atoms with Gasteiger partial charge in [-0.25, -0.2) is 9.37 Å². The Balaban J connectivity index is 1.36. The van der Waals surface area contributed by atoms with Gasteiger partial charge in [0.1, 0.15) is 11.6 Å². The first-order chi connectivity index (χ1) is 15.3. The Morgan fingerprint density at radius 2 is 1.59 bits per heavy atom. The lowest BCUT2D eigenvalue weighted by Gasteiger charge is -2.30. The Bertz CT molecular complexity index is 936. The third-order valence-electron chi connectivity index (χ3n) is 5.91.